The van der Waals surface area contributed by atoms with Crippen molar-refractivity contribution in [2.45, 2.75) is 39.8 Å². The van der Waals surface area contributed by atoms with Crippen molar-refractivity contribution < 1.29 is 14.3 Å². The molecule has 2 aliphatic rings. The summed E-state index contributed by atoms with van der Waals surface area (Å²) in [7, 11) is 0. The number of hydrogen-bond acceptors (Lipinski definition) is 4. The summed E-state index contributed by atoms with van der Waals surface area (Å²) >= 11 is 0. The maximum absolute atomic E-state index is 11.9. The molecule has 31 heavy (non-hydrogen) atoms. The van der Waals surface area contributed by atoms with Crippen molar-refractivity contribution >= 4 is 41.9 Å². The second-order valence-corrected chi connectivity index (χ2v) is 7.58. The van der Waals surface area contributed by atoms with Gasteiger partial charge in [-0.15, -0.1) is 24.0 Å². The van der Waals surface area contributed by atoms with Gasteiger partial charge in [-0.25, -0.2) is 9.79 Å². The summed E-state index contributed by atoms with van der Waals surface area (Å²) in [5.41, 5.74) is 2.28. The van der Waals surface area contributed by atoms with Crippen LogP contribution in [0.15, 0.2) is 29.3 Å². The lowest BCUT2D eigenvalue weighted by atomic mass is 10.1. The molecule has 2 amide bonds. The zero-order chi connectivity index (χ0) is 21.3. The predicted octanol–water partition coefficient (Wildman–Crippen LogP) is 2.67. The molecule has 2 heterocycles. The third-order valence-corrected chi connectivity index (χ3v) is 5.42. The number of aliphatic imine (C=N–C) groups is 1. The number of guanidine groups is 1. The van der Waals surface area contributed by atoms with Gasteiger partial charge in [-0.2, -0.15) is 0 Å². The Balaban J connectivity index is 0.00000341. The Morgan fingerprint density at radius 3 is 2.26 bits per heavy atom. The molecule has 1 aromatic carbocycles. The van der Waals surface area contributed by atoms with Crippen molar-refractivity contribution in [2.75, 3.05) is 45.9 Å². The number of nitrogens with one attached hydrogen (secondary N) is 1. The highest BCUT2D eigenvalue weighted by Gasteiger charge is 2.23. The molecule has 3 rings (SSSR count). The van der Waals surface area contributed by atoms with E-state index in [1.807, 2.05) is 11.8 Å². The Morgan fingerprint density at radius 1 is 1.03 bits per heavy atom. The van der Waals surface area contributed by atoms with Gasteiger partial charge in [0.1, 0.15) is 0 Å². The van der Waals surface area contributed by atoms with Crippen LogP contribution in [0.2, 0.25) is 0 Å². The fourth-order valence-corrected chi connectivity index (χ4v) is 3.75. The van der Waals surface area contributed by atoms with E-state index in [1.54, 1.807) is 4.90 Å². The Kier molecular flexibility index (Phi) is 10.4. The first kappa shape index (κ1) is 25.2. The molecule has 2 fully saturated rings. The molecular formula is C22H34IN5O3. The van der Waals surface area contributed by atoms with Crippen molar-refractivity contribution in [3.8, 4) is 0 Å². The first-order valence-corrected chi connectivity index (χ1v) is 10.9. The fraction of sp³-hybridized carbons (Fsp3) is 0.591. The molecule has 0 unspecified atom stereocenters. The van der Waals surface area contributed by atoms with E-state index in [4.69, 9.17) is 9.73 Å². The molecule has 0 bridgehead atoms. The second kappa shape index (κ2) is 12.7. The number of ether oxygens (including phenoxy) is 1. The van der Waals surface area contributed by atoms with Crippen LogP contribution >= 0.6 is 24.0 Å². The third kappa shape index (κ3) is 7.26. The number of carbonyl (C=O) groups excluding carboxylic acids is 2. The summed E-state index contributed by atoms with van der Waals surface area (Å²) in [6.07, 6.45) is 1.40. The Bertz CT molecular complexity index is 748. The topological polar surface area (TPSA) is 77.5 Å². The molecule has 0 aromatic heterocycles. The maximum Gasteiger partial charge on any atom is 0.409 e. The lowest BCUT2D eigenvalue weighted by Gasteiger charge is -2.35. The number of benzene rings is 1. The summed E-state index contributed by atoms with van der Waals surface area (Å²) in [4.78, 5) is 34.3. The monoisotopic (exact) mass is 543 g/mol. The van der Waals surface area contributed by atoms with E-state index in [9.17, 15) is 9.59 Å². The average molecular weight is 543 g/mol. The number of hydrogen-bond donors (Lipinski definition) is 1. The first-order chi connectivity index (χ1) is 14.6. The lowest BCUT2D eigenvalue weighted by Crippen LogP contribution is -2.53. The molecule has 8 nitrogen and oxygen atoms in total. The number of piperazine rings is 1. The van der Waals surface area contributed by atoms with Gasteiger partial charge in [0.25, 0.3) is 0 Å². The quantitative estimate of drug-likeness (QED) is 0.339. The number of nitrogens with zero attached hydrogens (tertiary/aromatic N) is 4. The summed E-state index contributed by atoms with van der Waals surface area (Å²) < 4.78 is 5.09. The molecule has 2 aliphatic heterocycles. The summed E-state index contributed by atoms with van der Waals surface area (Å²) in [5, 5.41) is 3.35. The zero-order valence-electron chi connectivity index (χ0n) is 18.5. The highest BCUT2D eigenvalue weighted by Crippen LogP contribution is 2.15. The van der Waals surface area contributed by atoms with E-state index < -0.39 is 0 Å². The molecule has 1 aromatic rings. The molecule has 0 spiro atoms. The number of halogens is 1. The molecule has 0 aliphatic carbocycles. The smallest absolute Gasteiger partial charge is 0.409 e. The molecular weight excluding hydrogens is 509 g/mol. The Morgan fingerprint density at radius 2 is 1.68 bits per heavy atom. The van der Waals surface area contributed by atoms with Crippen LogP contribution in [-0.4, -0.2) is 78.5 Å². The fourth-order valence-electron chi connectivity index (χ4n) is 3.75. The van der Waals surface area contributed by atoms with Crippen LogP contribution in [0.5, 0.6) is 0 Å². The van der Waals surface area contributed by atoms with Crippen LogP contribution in [0.1, 0.15) is 37.8 Å². The normalized spacial score (nSPS) is 16.9. The van der Waals surface area contributed by atoms with E-state index >= 15 is 0 Å². The molecule has 0 radical (unpaired) electrons. The van der Waals surface area contributed by atoms with Gasteiger partial charge in [0.05, 0.1) is 13.2 Å². The predicted molar refractivity (Wildman–Crippen MR) is 131 cm³/mol. The Hall–Kier alpha value is -2.04. The van der Waals surface area contributed by atoms with Crippen LogP contribution in [0.3, 0.4) is 0 Å². The van der Waals surface area contributed by atoms with E-state index in [0.717, 1.165) is 49.7 Å². The Labute approximate surface area is 202 Å². The van der Waals surface area contributed by atoms with Crippen LogP contribution in [-0.2, 0) is 22.6 Å². The van der Waals surface area contributed by atoms with Gasteiger partial charge < -0.3 is 24.8 Å². The number of amides is 2. The molecule has 0 saturated carbocycles. The van der Waals surface area contributed by atoms with Gasteiger partial charge in [-0.3, -0.25) is 4.79 Å². The summed E-state index contributed by atoms with van der Waals surface area (Å²) in [6.45, 7) is 9.93. The van der Waals surface area contributed by atoms with E-state index in [1.165, 1.54) is 0 Å². The SMILES string of the molecule is CCNC(=NCc1ccc(CN2CCCC2=O)cc1)N1CCN(C(=O)OCC)CC1.I. The minimum atomic E-state index is -0.241. The average Bonchev–Trinajstić information content (AvgIpc) is 3.17. The van der Waals surface area contributed by atoms with Crippen molar-refractivity contribution in [1.82, 2.24) is 20.0 Å². The van der Waals surface area contributed by atoms with Gasteiger partial charge >= 0.3 is 6.09 Å². The van der Waals surface area contributed by atoms with Crippen LogP contribution in [0, 0.1) is 0 Å². The lowest BCUT2D eigenvalue weighted by molar-refractivity contribution is -0.128. The summed E-state index contributed by atoms with van der Waals surface area (Å²) in [6, 6.07) is 8.34. The molecule has 9 heteroatoms. The standard InChI is InChI=1S/C22H33N5O3.HI/c1-3-23-21(25-12-14-26(15-13-25)22(29)30-4-2)24-16-18-7-9-19(10-8-18)17-27-11-5-6-20(27)28;/h7-10H,3-6,11-17H2,1-2H3,(H,23,24);1H. The second-order valence-electron chi connectivity index (χ2n) is 7.58. The van der Waals surface area contributed by atoms with Crippen molar-refractivity contribution in [1.29, 1.82) is 0 Å². The number of carbonyl (C=O) groups is 2. The zero-order valence-corrected chi connectivity index (χ0v) is 20.8. The largest absolute Gasteiger partial charge is 0.450 e. The van der Waals surface area contributed by atoms with Crippen molar-refractivity contribution in [2.24, 2.45) is 4.99 Å². The highest BCUT2D eigenvalue weighted by atomic mass is 127. The van der Waals surface area contributed by atoms with Gasteiger partial charge in [0.15, 0.2) is 5.96 Å². The summed E-state index contributed by atoms with van der Waals surface area (Å²) in [5.74, 6) is 1.12. The molecule has 0 atom stereocenters. The molecule has 2 saturated heterocycles. The van der Waals surface area contributed by atoms with E-state index in [0.29, 0.717) is 39.2 Å². The van der Waals surface area contributed by atoms with E-state index in [-0.39, 0.29) is 36.0 Å². The van der Waals surface area contributed by atoms with Gasteiger partial charge in [-0.05, 0) is 31.4 Å². The van der Waals surface area contributed by atoms with Crippen LogP contribution in [0.25, 0.3) is 0 Å². The number of likely N-dealkylation sites (tertiary alicyclic amines) is 1. The minimum absolute atomic E-state index is 0. The molecule has 1 N–H and O–H groups in total. The van der Waals surface area contributed by atoms with Crippen molar-refractivity contribution in [3.05, 3.63) is 35.4 Å². The minimum Gasteiger partial charge on any atom is -0.450 e. The third-order valence-electron chi connectivity index (χ3n) is 5.42. The number of rotatable bonds is 6. The van der Waals surface area contributed by atoms with Gasteiger partial charge in [-0.1, -0.05) is 24.3 Å². The van der Waals surface area contributed by atoms with Gasteiger partial charge in [0.2, 0.25) is 5.91 Å². The van der Waals surface area contributed by atoms with Crippen LogP contribution < -0.4 is 5.32 Å². The highest BCUT2D eigenvalue weighted by molar-refractivity contribution is 14.0. The first-order valence-electron chi connectivity index (χ1n) is 10.9. The van der Waals surface area contributed by atoms with E-state index in [2.05, 4.69) is 41.4 Å². The van der Waals surface area contributed by atoms with Crippen molar-refractivity contribution in [3.63, 3.8) is 0 Å². The molecule has 172 valence electrons. The van der Waals surface area contributed by atoms with Crippen LogP contribution in [0.4, 0.5) is 4.79 Å². The maximum atomic E-state index is 11.9. The van der Waals surface area contributed by atoms with Gasteiger partial charge in [0, 0.05) is 52.2 Å².